The number of carbonyl (C=O) groups is 2. The Kier molecular flexibility index (Phi) is 4.93. The summed E-state index contributed by atoms with van der Waals surface area (Å²) in [5.74, 6) is -0.340. The maximum Gasteiger partial charge on any atom is 0.309 e. The van der Waals surface area contributed by atoms with Gasteiger partial charge in [-0.05, 0) is 37.6 Å². The Morgan fingerprint density at radius 3 is 2.18 bits per heavy atom. The lowest BCUT2D eigenvalue weighted by atomic mass is 10.2. The van der Waals surface area contributed by atoms with E-state index in [2.05, 4.69) is 10.6 Å². The van der Waals surface area contributed by atoms with E-state index in [0.29, 0.717) is 11.3 Å². The summed E-state index contributed by atoms with van der Waals surface area (Å²) >= 11 is 0. The maximum atomic E-state index is 12.8. The van der Waals surface area contributed by atoms with Gasteiger partial charge < -0.3 is 15.1 Å². The molecule has 0 fully saturated rings. The van der Waals surface area contributed by atoms with Crippen molar-refractivity contribution in [2.45, 2.75) is 26.9 Å². The summed E-state index contributed by atoms with van der Waals surface area (Å²) in [6.07, 6.45) is 0. The first-order chi connectivity index (χ1) is 10.5. The predicted molar refractivity (Wildman–Crippen MR) is 78.3 cm³/mol. The van der Waals surface area contributed by atoms with Gasteiger partial charge in [-0.2, -0.15) is 0 Å². The van der Waals surface area contributed by atoms with Crippen molar-refractivity contribution in [3.63, 3.8) is 0 Å². The molecule has 0 saturated heterocycles. The molecule has 2 aromatic rings. The fourth-order valence-corrected chi connectivity index (χ4v) is 1.98. The van der Waals surface area contributed by atoms with Crippen LogP contribution in [0.3, 0.4) is 0 Å². The fourth-order valence-electron chi connectivity index (χ4n) is 1.98. The summed E-state index contributed by atoms with van der Waals surface area (Å²) in [6, 6.07) is 7.50. The molecule has 0 atom stereocenters. The van der Waals surface area contributed by atoms with E-state index in [4.69, 9.17) is 4.42 Å². The maximum absolute atomic E-state index is 12.8. The smallest absolute Gasteiger partial charge is 0.309 e. The van der Waals surface area contributed by atoms with Gasteiger partial charge in [0.25, 0.3) is 0 Å². The number of nitrogens with one attached hydrogen (secondary N) is 2. The standard InChI is InChI=1S/C16H17FN2O3/c1-10-7-13(11(2)22-10)9-19-16(21)15(20)18-8-12-3-5-14(17)6-4-12/h3-7H,8-9H2,1-2H3,(H,18,20)(H,19,21). The highest BCUT2D eigenvalue weighted by Crippen LogP contribution is 2.12. The molecule has 0 spiro atoms. The van der Waals surface area contributed by atoms with Crippen molar-refractivity contribution in [1.29, 1.82) is 0 Å². The minimum Gasteiger partial charge on any atom is -0.466 e. The molecular formula is C16H17FN2O3. The van der Waals surface area contributed by atoms with E-state index in [0.717, 1.165) is 11.3 Å². The summed E-state index contributed by atoms with van der Waals surface area (Å²) in [4.78, 5) is 23.4. The van der Waals surface area contributed by atoms with Gasteiger partial charge in [0.1, 0.15) is 17.3 Å². The van der Waals surface area contributed by atoms with Crippen molar-refractivity contribution in [2.75, 3.05) is 0 Å². The Bertz CT molecular complexity index is 677. The number of hydrogen-bond donors (Lipinski definition) is 2. The average molecular weight is 304 g/mol. The van der Waals surface area contributed by atoms with Crippen LogP contribution in [0.4, 0.5) is 4.39 Å². The third kappa shape index (κ3) is 4.18. The number of benzene rings is 1. The molecule has 0 radical (unpaired) electrons. The van der Waals surface area contributed by atoms with E-state index in [1.165, 1.54) is 12.1 Å². The molecule has 1 heterocycles. The lowest BCUT2D eigenvalue weighted by molar-refractivity contribution is -0.139. The number of halogens is 1. The molecule has 0 unspecified atom stereocenters. The zero-order valence-electron chi connectivity index (χ0n) is 12.4. The van der Waals surface area contributed by atoms with Crippen LogP contribution in [0.5, 0.6) is 0 Å². The second-order valence-electron chi connectivity index (χ2n) is 4.93. The SMILES string of the molecule is Cc1cc(CNC(=O)C(=O)NCc2ccc(F)cc2)c(C)o1. The van der Waals surface area contributed by atoms with Crippen molar-refractivity contribution in [3.05, 3.63) is 58.8 Å². The van der Waals surface area contributed by atoms with Crippen molar-refractivity contribution >= 4 is 11.8 Å². The van der Waals surface area contributed by atoms with Crippen LogP contribution >= 0.6 is 0 Å². The fraction of sp³-hybridized carbons (Fsp3) is 0.250. The minimum atomic E-state index is -0.734. The number of aryl methyl sites for hydroxylation is 2. The molecule has 116 valence electrons. The van der Waals surface area contributed by atoms with Gasteiger partial charge in [0.15, 0.2) is 0 Å². The van der Waals surface area contributed by atoms with Gasteiger partial charge in [-0.1, -0.05) is 12.1 Å². The molecule has 0 saturated carbocycles. The predicted octanol–water partition coefficient (Wildman–Crippen LogP) is 1.97. The van der Waals surface area contributed by atoms with Crippen molar-refractivity contribution in [2.24, 2.45) is 0 Å². The topological polar surface area (TPSA) is 71.3 Å². The first-order valence-electron chi connectivity index (χ1n) is 6.82. The van der Waals surface area contributed by atoms with Gasteiger partial charge in [0.05, 0.1) is 0 Å². The van der Waals surface area contributed by atoms with E-state index in [-0.39, 0.29) is 18.9 Å². The summed E-state index contributed by atoms with van der Waals surface area (Å²) < 4.78 is 18.1. The lowest BCUT2D eigenvalue weighted by Crippen LogP contribution is -2.39. The zero-order valence-corrected chi connectivity index (χ0v) is 12.4. The van der Waals surface area contributed by atoms with Crippen LogP contribution < -0.4 is 10.6 Å². The van der Waals surface area contributed by atoms with Crippen LogP contribution in [0.25, 0.3) is 0 Å². The van der Waals surface area contributed by atoms with E-state index >= 15 is 0 Å². The Balaban J connectivity index is 1.80. The number of rotatable bonds is 4. The molecule has 22 heavy (non-hydrogen) atoms. The second kappa shape index (κ2) is 6.89. The molecule has 1 aromatic carbocycles. The van der Waals surface area contributed by atoms with Crippen LogP contribution in [0.2, 0.25) is 0 Å². The Morgan fingerprint density at radius 2 is 1.64 bits per heavy atom. The summed E-state index contributed by atoms with van der Waals surface area (Å²) in [5.41, 5.74) is 1.54. The highest BCUT2D eigenvalue weighted by Gasteiger charge is 2.14. The number of amides is 2. The molecule has 6 heteroatoms. The van der Waals surface area contributed by atoms with Gasteiger partial charge in [-0.25, -0.2) is 4.39 Å². The first-order valence-corrected chi connectivity index (χ1v) is 6.82. The van der Waals surface area contributed by atoms with Gasteiger partial charge in [-0.3, -0.25) is 9.59 Å². The third-order valence-corrected chi connectivity index (χ3v) is 3.16. The molecule has 2 amide bonds. The minimum absolute atomic E-state index is 0.163. The largest absolute Gasteiger partial charge is 0.466 e. The number of hydrogen-bond acceptors (Lipinski definition) is 3. The molecule has 2 N–H and O–H groups in total. The van der Waals surface area contributed by atoms with Crippen molar-refractivity contribution in [3.8, 4) is 0 Å². The molecule has 1 aromatic heterocycles. The molecule has 0 aliphatic rings. The Labute approximate surface area is 127 Å². The Morgan fingerprint density at radius 1 is 1.05 bits per heavy atom. The Hall–Kier alpha value is -2.63. The molecular weight excluding hydrogens is 287 g/mol. The lowest BCUT2D eigenvalue weighted by Gasteiger charge is -2.06. The summed E-state index contributed by atoms with van der Waals surface area (Å²) in [6.45, 7) is 4.00. The highest BCUT2D eigenvalue weighted by molar-refractivity contribution is 6.35. The number of carbonyl (C=O) groups excluding carboxylic acids is 2. The third-order valence-electron chi connectivity index (χ3n) is 3.16. The summed E-state index contributed by atoms with van der Waals surface area (Å²) in [5, 5.41) is 5.00. The van der Waals surface area contributed by atoms with Crippen LogP contribution in [-0.2, 0) is 22.7 Å². The van der Waals surface area contributed by atoms with Gasteiger partial charge in [-0.15, -0.1) is 0 Å². The van der Waals surface area contributed by atoms with Crippen LogP contribution in [-0.4, -0.2) is 11.8 Å². The number of furan rings is 1. The quantitative estimate of drug-likeness (QED) is 0.848. The normalized spacial score (nSPS) is 10.3. The second-order valence-corrected chi connectivity index (χ2v) is 4.93. The van der Waals surface area contributed by atoms with Crippen LogP contribution in [0.15, 0.2) is 34.7 Å². The molecule has 0 aliphatic heterocycles. The monoisotopic (exact) mass is 304 g/mol. The molecule has 5 nitrogen and oxygen atoms in total. The van der Waals surface area contributed by atoms with Crippen molar-refractivity contribution in [1.82, 2.24) is 10.6 Å². The molecule has 0 bridgehead atoms. The van der Waals surface area contributed by atoms with Crippen LogP contribution in [0, 0.1) is 19.7 Å². The average Bonchev–Trinajstić information content (AvgIpc) is 2.81. The van der Waals surface area contributed by atoms with E-state index < -0.39 is 11.8 Å². The highest BCUT2D eigenvalue weighted by atomic mass is 19.1. The zero-order chi connectivity index (χ0) is 16.1. The van der Waals surface area contributed by atoms with Gasteiger partial charge in [0, 0.05) is 18.7 Å². The van der Waals surface area contributed by atoms with E-state index in [1.54, 1.807) is 19.1 Å². The van der Waals surface area contributed by atoms with Gasteiger partial charge >= 0.3 is 11.8 Å². The van der Waals surface area contributed by atoms with Crippen molar-refractivity contribution < 1.29 is 18.4 Å². The first kappa shape index (κ1) is 15.8. The van der Waals surface area contributed by atoms with Crippen LogP contribution in [0.1, 0.15) is 22.6 Å². The molecule has 2 rings (SSSR count). The van der Waals surface area contributed by atoms with Gasteiger partial charge in [0.2, 0.25) is 0 Å². The molecule has 0 aliphatic carbocycles. The summed E-state index contributed by atoms with van der Waals surface area (Å²) in [7, 11) is 0. The van der Waals surface area contributed by atoms with E-state index in [1.807, 2.05) is 13.0 Å². The van der Waals surface area contributed by atoms with E-state index in [9.17, 15) is 14.0 Å².